The average Bonchev–Trinajstić information content (AvgIpc) is 2.33. The molecule has 19 heavy (non-hydrogen) atoms. The molecule has 2 N–H and O–H groups in total. The Bertz CT molecular complexity index is 335. The van der Waals surface area contributed by atoms with E-state index in [1.54, 1.807) is 0 Å². The molecule has 1 fully saturated rings. The van der Waals surface area contributed by atoms with E-state index in [2.05, 4.69) is 0 Å². The van der Waals surface area contributed by atoms with Gasteiger partial charge in [0, 0.05) is 23.3 Å². The van der Waals surface area contributed by atoms with Crippen LogP contribution in [0.25, 0.3) is 0 Å². The van der Waals surface area contributed by atoms with Gasteiger partial charge in [-0.05, 0) is 0 Å². The Kier molecular flexibility index (Phi) is 6.09. The van der Waals surface area contributed by atoms with Gasteiger partial charge in [0.15, 0.2) is 12.2 Å². The summed E-state index contributed by atoms with van der Waals surface area (Å²) in [7, 11) is 1.92. The van der Waals surface area contributed by atoms with E-state index in [1.807, 2.05) is 9.47 Å². The summed E-state index contributed by atoms with van der Waals surface area (Å²) < 4.78 is 20.0. The molecule has 0 amide bonds. The Morgan fingerprint density at radius 1 is 1.21 bits per heavy atom. The number of ether oxygens (including phenoxy) is 3. The molecule has 1 unspecified atom stereocenters. The molecule has 0 aromatic carbocycles. The minimum absolute atomic E-state index is 0.504. The van der Waals surface area contributed by atoms with Crippen LogP contribution in [-0.4, -0.2) is 59.5 Å². The standard InChI is InChI=1S/C10H17O8P/c1-4(12)15-8-7(14)6(3-11)17-10(18-19)9(8)16-5(2)13/h6-11,14H,3,19H2,1-2H3/t6-,7-,8+,9+,10-/m1/s1. The van der Waals surface area contributed by atoms with Crippen molar-refractivity contribution in [1.82, 2.24) is 0 Å². The monoisotopic (exact) mass is 296 g/mol. The van der Waals surface area contributed by atoms with E-state index < -0.39 is 49.3 Å². The Morgan fingerprint density at radius 2 is 1.74 bits per heavy atom. The summed E-state index contributed by atoms with van der Waals surface area (Å²) in [4.78, 5) is 22.1. The number of esters is 2. The molecule has 1 rings (SSSR count). The number of aliphatic hydroxyl groups excluding tert-OH is 2. The molecule has 1 saturated heterocycles. The van der Waals surface area contributed by atoms with E-state index in [1.165, 1.54) is 0 Å². The highest BCUT2D eigenvalue weighted by molar-refractivity contribution is 7.09. The zero-order valence-electron chi connectivity index (χ0n) is 10.5. The van der Waals surface area contributed by atoms with Crippen molar-refractivity contribution in [2.24, 2.45) is 0 Å². The first-order valence-electron chi connectivity index (χ1n) is 5.55. The van der Waals surface area contributed by atoms with E-state index in [0.717, 1.165) is 13.8 Å². The lowest BCUT2D eigenvalue weighted by molar-refractivity contribution is -0.282. The fraction of sp³-hybridized carbons (Fsp3) is 0.800. The maximum atomic E-state index is 11.1. The van der Waals surface area contributed by atoms with Gasteiger partial charge in [0.05, 0.1) is 6.61 Å². The molecule has 1 aliphatic rings. The minimum atomic E-state index is -1.34. The van der Waals surface area contributed by atoms with Crippen molar-refractivity contribution in [1.29, 1.82) is 0 Å². The Morgan fingerprint density at radius 3 is 2.16 bits per heavy atom. The molecule has 1 heterocycles. The Labute approximate surface area is 112 Å². The molecule has 0 aromatic heterocycles. The van der Waals surface area contributed by atoms with Crippen molar-refractivity contribution in [2.75, 3.05) is 6.61 Å². The minimum Gasteiger partial charge on any atom is -0.455 e. The largest absolute Gasteiger partial charge is 0.455 e. The van der Waals surface area contributed by atoms with E-state index in [9.17, 15) is 14.7 Å². The second-order valence-corrected chi connectivity index (χ2v) is 4.27. The number of rotatable bonds is 4. The summed E-state index contributed by atoms with van der Waals surface area (Å²) in [6.07, 6.45) is -5.75. The first-order valence-corrected chi connectivity index (χ1v) is 6.02. The third kappa shape index (κ3) is 4.09. The third-order valence-corrected chi connectivity index (χ3v) is 2.80. The highest BCUT2D eigenvalue weighted by Gasteiger charge is 2.49. The van der Waals surface area contributed by atoms with Gasteiger partial charge >= 0.3 is 11.9 Å². The van der Waals surface area contributed by atoms with Gasteiger partial charge in [0.1, 0.15) is 12.2 Å². The van der Waals surface area contributed by atoms with Crippen molar-refractivity contribution < 1.29 is 38.5 Å². The van der Waals surface area contributed by atoms with E-state index >= 15 is 0 Å². The Balaban J connectivity index is 2.96. The van der Waals surface area contributed by atoms with Crippen LogP contribution in [0.3, 0.4) is 0 Å². The van der Waals surface area contributed by atoms with Crippen LogP contribution in [0.2, 0.25) is 0 Å². The van der Waals surface area contributed by atoms with Crippen molar-refractivity contribution in [3.8, 4) is 0 Å². The smallest absolute Gasteiger partial charge is 0.303 e. The number of hydrogen-bond donors (Lipinski definition) is 2. The van der Waals surface area contributed by atoms with Gasteiger partial charge in [0.2, 0.25) is 6.29 Å². The molecule has 9 heteroatoms. The third-order valence-electron chi connectivity index (χ3n) is 2.54. The van der Waals surface area contributed by atoms with Crippen molar-refractivity contribution >= 4 is 21.4 Å². The van der Waals surface area contributed by atoms with Gasteiger partial charge in [0.25, 0.3) is 0 Å². The van der Waals surface area contributed by atoms with Crippen LogP contribution in [0.15, 0.2) is 0 Å². The number of hydrogen-bond acceptors (Lipinski definition) is 8. The normalized spacial score (nSPS) is 34.7. The van der Waals surface area contributed by atoms with Crippen LogP contribution >= 0.6 is 9.47 Å². The van der Waals surface area contributed by atoms with Crippen LogP contribution < -0.4 is 0 Å². The maximum absolute atomic E-state index is 11.1. The van der Waals surface area contributed by atoms with Crippen LogP contribution in [-0.2, 0) is 28.3 Å². The summed E-state index contributed by atoms with van der Waals surface area (Å²) in [6.45, 7) is 1.81. The molecule has 0 bridgehead atoms. The molecule has 0 spiro atoms. The van der Waals surface area contributed by atoms with Crippen molar-refractivity contribution in [3.63, 3.8) is 0 Å². The summed E-state index contributed by atoms with van der Waals surface area (Å²) >= 11 is 0. The first kappa shape index (κ1) is 16.3. The molecule has 8 nitrogen and oxygen atoms in total. The molecule has 0 radical (unpaired) electrons. The number of aliphatic hydroxyl groups is 2. The predicted molar refractivity (Wildman–Crippen MR) is 63.7 cm³/mol. The lowest BCUT2D eigenvalue weighted by Gasteiger charge is -2.42. The molecular weight excluding hydrogens is 279 g/mol. The first-order chi connectivity index (χ1) is 8.90. The van der Waals surface area contributed by atoms with Crippen LogP contribution in [0.4, 0.5) is 0 Å². The van der Waals surface area contributed by atoms with E-state index in [4.69, 9.17) is 23.8 Å². The summed E-state index contributed by atoms with van der Waals surface area (Å²) in [5, 5.41) is 19.1. The van der Waals surface area contributed by atoms with Gasteiger partial charge < -0.3 is 28.9 Å². The SMILES string of the molecule is CC(=O)O[C@@H]1[C@@H](OP)O[C@H](CO)[C@@H](O)[C@@H]1OC(C)=O. The molecular formula is C10H17O8P. The molecule has 0 saturated carbocycles. The quantitative estimate of drug-likeness (QED) is 0.488. The van der Waals surface area contributed by atoms with Gasteiger partial charge in [-0.25, -0.2) is 0 Å². The molecule has 110 valence electrons. The molecule has 1 aliphatic heterocycles. The zero-order valence-corrected chi connectivity index (χ0v) is 11.7. The summed E-state index contributed by atoms with van der Waals surface area (Å²) in [5.41, 5.74) is 0. The molecule has 0 aromatic rings. The Hall–Kier alpha value is -0.790. The number of carbonyl (C=O) groups excluding carboxylic acids is 2. The van der Waals surface area contributed by atoms with E-state index in [0.29, 0.717) is 0 Å². The van der Waals surface area contributed by atoms with Gasteiger partial charge in [-0.15, -0.1) is 0 Å². The maximum Gasteiger partial charge on any atom is 0.303 e. The van der Waals surface area contributed by atoms with Crippen LogP contribution in [0.1, 0.15) is 13.8 Å². The highest BCUT2D eigenvalue weighted by Crippen LogP contribution is 2.28. The lowest BCUT2D eigenvalue weighted by Crippen LogP contribution is -2.61. The fourth-order valence-corrected chi connectivity index (χ4v) is 2.01. The topological polar surface area (TPSA) is 112 Å². The summed E-state index contributed by atoms with van der Waals surface area (Å²) in [5.74, 6) is -1.31. The number of carbonyl (C=O) groups is 2. The molecule has 6 atom stereocenters. The average molecular weight is 296 g/mol. The lowest BCUT2D eigenvalue weighted by atomic mass is 9.99. The van der Waals surface area contributed by atoms with Crippen LogP contribution in [0.5, 0.6) is 0 Å². The van der Waals surface area contributed by atoms with Crippen molar-refractivity contribution in [3.05, 3.63) is 0 Å². The van der Waals surface area contributed by atoms with E-state index in [-0.39, 0.29) is 0 Å². The second-order valence-electron chi connectivity index (χ2n) is 4.00. The van der Waals surface area contributed by atoms with Gasteiger partial charge in [-0.2, -0.15) is 0 Å². The van der Waals surface area contributed by atoms with Crippen molar-refractivity contribution in [2.45, 2.75) is 44.6 Å². The van der Waals surface area contributed by atoms with Crippen LogP contribution in [0, 0.1) is 0 Å². The molecule has 0 aliphatic carbocycles. The van der Waals surface area contributed by atoms with Gasteiger partial charge in [-0.1, -0.05) is 0 Å². The highest BCUT2D eigenvalue weighted by atomic mass is 31.0. The zero-order chi connectivity index (χ0) is 14.6. The fourth-order valence-electron chi connectivity index (χ4n) is 1.79. The predicted octanol–water partition coefficient (Wildman–Crippen LogP) is -1.27. The summed E-state index contributed by atoms with van der Waals surface area (Å²) in [6, 6.07) is 0. The van der Waals surface area contributed by atoms with Gasteiger partial charge in [-0.3, -0.25) is 9.59 Å². The second kappa shape index (κ2) is 7.12.